The van der Waals surface area contributed by atoms with Gasteiger partial charge in [0.25, 0.3) is 0 Å². The van der Waals surface area contributed by atoms with E-state index in [1.807, 2.05) is 29.2 Å². The maximum atomic E-state index is 12.9. The summed E-state index contributed by atoms with van der Waals surface area (Å²) in [7, 11) is 0. The van der Waals surface area contributed by atoms with E-state index in [1.54, 1.807) is 12.1 Å². The molecule has 1 aliphatic heterocycles. The summed E-state index contributed by atoms with van der Waals surface area (Å²) in [6, 6.07) is 13.7. The molecule has 0 aromatic heterocycles. The third-order valence-electron chi connectivity index (χ3n) is 4.12. The van der Waals surface area contributed by atoms with Gasteiger partial charge >= 0.3 is 0 Å². The fraction of sp³-hybridized carbons (Fsp3) is 0.263. The third-order valence-corrected chi connectivity index (χ3v) is 4.12. The molecule has 3 rings (SSSR count). The molecule has 0 fully saturated rings. The Hall–Kier alpha value is -2.69. The van der Waals surface area contributed by atoms with E-state index in [-0.39, 0.29) is 24.1 Å². The smallest absolute Gasteiger partial charge is 0.239 e. The number of fused-ring (bicyclic) bond motifs is 1. The van der Waals surface area contributed by atoms with Gasteiger partial charge in [0.05, 0.1) is 6.54 Å². The molecule has 1 amide bonds. The van der Waals surface area contributed by atoms with E-state index in [0.29, 0.717) is 25.9 Å². The molecule has 2 aromatic rings. The van der Waals surface area contributed by atoms with Crippen molar-refractivity contribution in [2.45, 2.75) is 19.4 Å². The Morgan fingerprint density at radius 3 is 2.67 bits per heavy atom. The second kappa shape index (κ2) is 7.25. The average molecular weight is 326 g/mol. The number of amides is 1. The zero-order valence-corrected chi connectivity index (χ0v) is 13.3. The van der Waals surface area contributed by atoms with Gasteiger partial charge in [-0.05, 0) is 29.3 Å². The van der Waals surface area contributed by atoms with Gasteiger partial charge in [-0.1, -0.05) is 30.3 Å². The lowest BCUT2D eigenvalue weighted by Gasteiger charge is -2.24. The van der Waals surface area contributed by atoms with Crippen molar-refractivity contribution in [3.63, 3.8) is 0 Å². The molecule has 0 bridgehead atoms. The lowest BCUT2D eigenvalue weighted by molar-refractivity contribution is -0.120. The van der Waals surface area contributed by atoms with Crippen LogP contribution in [0.3, 0.4) is 0 Å². The second-order valence-corrected chi connectivity index (χ2v) is 5.92. The maximum Gasteiger partial charge on any atom is 0.239 e. The van der Waals surface area contributed by atoms with Crippen LogP contribution in [-0.2, 0) is 22.6 Å². The highest BCUT2D eigenvalue weighted by Crippen LogP contribution is 2.24. The van der Waals surface area contributed by atoms with E-state index >= 15 is 0 Å². The molecule has 1 heterocycles. The molecule has 0 radical (unpaired) electrons. The number of rotatable bonds is 4. The molecule has 0 saturated heterocycles. The summed E-state index contributed by atoms with van der Waals surface area (Å²) < 4.78 is 12.9. The predicted octanol–water partition coefficient (Wildman–Crippen LogP) is 2.46. The zero-order valence-electron chi connectivity index (χ0n) is 13.3. The summed E-state index contributed by atoms with van der Waals surface area (Å²) in [5, 5.41) is 2.84. The van der Waals surface area contributed by atoms with Crippen LogP contribution in [0.5, 0.6) is 0 Å². The molecule has 1 aliphatic rings. The molecule has 5 heteroatoms. The van der Waals surface area contributed by atoms with Crippen molar-refractivity contribution in [1.82, 2.24) is 5.32 Å². The number of Topliss-reactive ketones (excluding diaryl/α,β-unsaturated/α-hetero) is 1. The van der Waals surface area contributed by atoms with Gasteiger partial charge in [0.1, 0.15) is 11.6 Å². The highest BCUT2D eigenvalue weighted by Gasteiger charge is 2.20. The molecule has 0 spiro atoms. The Labute approximate surface area is 140 Å². The van der Waals surface area contributed by atoms with Crippen molar-refractivity contribution in [3.05, 3.63) is 65.5 Å². The van der Waals surface area contributed by atoms with Crippen molar-refractivity contribution in [3.8, 4) is 0 Å². The Kier molecular flexibility index (Phi) is 4.89. The van der Waals surface area contributed by atoms with Gasteiger partial charge in [-0.3, -0.25) is 9.59 Å². The Bertz CT molecular complexity index is 743. The van der Waals surface area contributed by atoms with Crippen LogP contribution in [0.2, 0.25) is 0 Å². The van der Waals surface area contributed by atoms with Crippen LogP contribution in [0.4, 0.5) is 10.1 Å². The summed E-state index contributed by atoms with van der Waals surface area (Å²) >= 11 is 0. The lowest BCUT2D eigenvalue weighted by atomic mass is 10.1. The zero-order chi connectivity index (χ0) is 16.9. The van der Waals surface area contributed by atoms with Crippen molar-refractivity contribution < 1.29 is 14.0 Å². The molecule has 0 saturated carbocycles. The molecule has 2 aromatic carbocycles. The minimum absolute atomic E-state index is 0.122. The fourth-order valence-corrected chi connectivity index (χ4v) is 2.85. The van der Waals surface area contributed by atoms with Crippen LogP contribution in [-0.4, -0.2) is 24.8 Å². The summed E-state index contributed by atoms with van der Waals surface area (Å²) in [5.41, 5.74) is 2.75. The number of nitrogens with zero attached hydrogens (tertiary/aromatic N) is 1. The summed E-state index contributed by atoms with van der Waals surface area (Å²) in [6.45, 7) is 1.10. The first-order chi connectivity index (χ1) is 11.6. The number of anilines is 1. The van der Waals surface area contributed by atoms with E-state index in [0.717, 1.165) is 16.8 Å². The Morgan fingerprint density at radius 2 is 1.88 bits per heavy atom. The van der Waals surface area contributed by atoms with Gasteiger partial charge < -0.3 is 10.2 Å². The first-order valence-electron chi connectivity index (χ1n) is 7.97. The predicted molar refractivity (Wildman–Crippen MR) is 90.2 cm³/mol. The number of para-hydroxylation sites is 1. The van der Waals surface area contributed by atoms with Crippen LogP contribution >= 0.6 is 0 Å². The quantitative estimate of drug-likeness (QED) is 0.939. The number of hydrogen-bond acceptors (Lipinski definition) is 3. The highest BCUT2D eigenvalue weighted by atomic mass is 19.1. The topological polar surface area (TPSA) is 49.4 Å². The molecule has 4 nitrogen and oxygen atoms in total. The van der Waals surface area contributed by atoms with E-state index in [4.69, 9.17) is 0 Å². The van der Waals surface area contributed by atoms with Crippen LogP contribution in [0.1, 0.15) is 17.5 Å². The fourth-order valence-electron chi connectivity index (χ4n) is 2.85. The number of benzene rings is 2. The van der Waals surface area contributed by atoms with Gasteiger partial charge in [0.15, 0.2) is 0 Å². The summed E-state index contributed by atoms with van der Waals surface area (Å²) in [4.78, 5) is 26.0. The number of halogens is 1. The number of ketones is 1. The maximum absolute atomic E-state index is 12.9. The first kappa shape index (κ1) is 16.2. The molecule has 0 unspecified atom stereocenters. The monoisotopic (exact) mass is 326 g/mol. The van der Waals surface area contributed by atoms with E-state index in [9.17, 15) is 14.0 Å². The molecule has 0 aliphatic carbocycles. The van der Waals surface area contributed by atoms with Crippen molar-refractivity contribution in [2.24, 2.45) is 0 Å². The minimum Gasteiger partial charge on any atom is -0.362 e. The SMILES string of the molecule is O=C1CCN(CC(=O)NCc2ccc(F)cc2)c2ccccc2C1. The molecular formula is C19H19FN2O2. The molecule has 0 atom stereocenters. The van der Waals surface area contributed by atoms with Crippen molar-refractivity contribution in [2.75, 3.05) is 18.0 Å². The van der Waals surface area contributed by atoms with E-state index in [2.05, 4.69) is 5.32 Å². The van der Waals surface area contributed by atoms with Gasteiger partial charge in [-0.15, -0.1) is 0 Å². The first-order valence-corrected chi connectivity index (χ1v) is 7.97. The number of hydrogen-bond donors (Lipinski definition) is 1. The lowest BCUT2D eigenvalue weighted by Crippen LogP contribution is -2.37. The number of carbonyl (C=O) groups is 2. The van der Waals surface area contributed by atoms with Crippen LogP contribution < -0.4 is 10.2 Å². The average Bonchev–Trinajstić information content (AvgIpc) is 2.73. The number of carbonyl (C=O) groups excluding carboxylic acids is 2. The summed E-state index contributed by atoms with van der Waals surface area (Å²) in [6.07, 6.45) is 0.865. The van der Waals surface area contributed by atoms with Crippen molar-refractivity contribution in [1.29, 1.82) is 0 Å². The normalized spacial score (nSPS) is 14.0. The molecule has 124 valence electrons. The molecular weight excluding hydrogens is 307 g/mol. The van der Waals surface area contributed by atoms with Gasteiger partial charge in [-0.25, -0.2) is 4.39 Å². The Morgan fingerprint density at radius 1 is 1.12 bits per heavy atom. The third kappa shape index (κ3) is 3.98. The minimum atomic E-state index is -0.295. The van der Waals surface area contributed by atoms with Crippen LogP contribution in [0.25, 0.3) is 0 Å². The van der Waals surface area contributed by atoms with Crippen LogP contribution in [0.15, 0.2) is 48.5 Å². The van der Waals surface area contributed by atoms with Gasteiger partial charge in [-0.2, -0.15) is 0 Å². The van der Waals surface area contributed by atoms with E-state index < -0.39 is 0 Å². The summed E-state index contributed by atoms with van der Waals surface area (Å²) in [5.74, 6) is -0.226. The van der Waals surface area contributed by atoms with Crippen LogP contribution in [0, 0.1) is 5.82 Å². The highest BCUT2D eigenvalue weighted by molar-refractivity contribution is 5.87. The van der Waals surface area contributed by atoms with Crippen molar-refractivity contribution >= 4 is 17.4 Å². The van der Waals surface area contributed by atoms with Gasteiger partial charge in [0.2, 0.25) is 5.91 Å². The largest absolute Gasteiger partial charge is 0.362 e. The molecule has 1 N–H and O–H groups in total. The second-order valence-electron chi connectivity index (χ2n) is 5.92. The standard InChI is InChI=1S/C19H19FN2O2/c20-16-7-5-14(6-8-16)12-21-19(24)13-22-10-9-17(23)11-15-3-1-2-4-18(15)22/h1-8H,9-13H2,(H,21,24). The van der Waals surface area contributed by atoms with E-state index in [1.165, 1.54) is 12.1 Å². The molecule has 24 heavy (non-hydrogen) atoms. The number of nitrogens with one attached hydrogen (secondary N) is 1. The Balaban J connectivity index is 1.63. The van der Waals surface area contributed by atoms with Gasteiger partial charge in [0, 0.05) is 31.6 Å².